The van der Waals surface area contributed by atoms with E-state index in [0.29, 0.717) is 16.5 Å². The number of hydrogen-bond donors (Lipinski definition) is 0. The second-order valence-corrected chi connectivity index (χ2v) is 8.23. The summed E-state index contributed by atoms with van der Waals surface area (Å²) >= 11 is 6.13. The Kier molecular flexibility index (Phi) is 4.19. The van der Waals surface area contributed by atoms with Gasteiger partial charge in [0.15, 0.2) is 5.82 Å². The van der Waals surface area contributed by atoms with Crippen LogP contribution in [0.1, 0.15) is 49.4 Å². The second kappa shape index (κ2) is 6.27. The Morgan fingerprint density at radius 1 is 1.23 bits per heavy atom. The van der Waals surface area contributed by atoms with Crippen molar-refractivity contribution in [3.63, 3.8) is 0 Å². The van der Waals surface area contributed by atoms with Crippen molar-refractivity contribution < 1.29 is 0 Å². The Morgan fingerprint density at radius 3 is 2.58 bits per heavy atom. The van der Waals surface area contributed by atoms with Crippen LogP contribution in [-0.2, 0) is 6.54 Å². The molecule has 0 radical (unpaired) electrons. The zero-order valence-electron chi connectivity index (χ0n) is 15.7. The first kappa shape index (κ1) is 17.3. The van der Waals surface area contributed by atoms with Crippen LogP contribution in [0, 0.1) is 19.8 Å². The van der Waals surface area contributed by atoms with E-state index < -0.39 is 0 Å². The number of halogens is 1. The van der Waals surface area contributed by atoms with Crippen molar-refractivity contribution in [3.8, 4) is 11.4 Å². The van der Waals surface area contributed by atoms with Crippen molar-refractivity contribution in [2.75, 3.05) is 0 Å². The number of aryl methyl sites for hydroxylation is 2. The highest BCUT2D eigenvalue weighted by molar-refractivity contribution is 6.30. The van der Waals surface area contributed by atoms with Crippen molar-refractivity contribution in [1.29, 1.82) is 0 Å². The quantitative estimate of drug-likeness (QED) is 0.651. The molecule has 4 rings (SSSR count). The zero-order chi connectivity index (χ0) is 18.6. The summed E-state index contributed by atoms with van der Waals surface area (Å²) in [6, 6.07) is 7.85. The van der Waals surface area contributed by atoms with Gasteiger partial charge in [0.25, 0.3) is 5.56 Å². The molecule has 0 aliphatic heterocycles. The summed E-state index contributed by atoms with van der Waals surface area (Å²) in [7, 11) is 0. The van der Waals surface area contributed by atoms with Gasteiger partial charge in [-0.2, -0.15) is 0 Å². The van der Waals surface area contributed by atoms with Crippen molar-refractivity contribution in [2.45, 2.75) is 53.0 Å². The maximum atomic E-state index is 13.5. The number of nitrogens with zero attached hydrogens (tertiary/aromatic N) is 3. The Balaban J connectivity index is 2.05. The first-order valence-corrected chi connectivity index (χ1v) is 9.64. The minimum Gasteiger partial charge on any atom is -0.289 e. The summed E-state index contributed by atoms with van der Waals surface area (Å²) in [5.41, 5.74) is 4.84. The fourth-order valence-electron chi connectivity index (χ4n) is 3.61. The number of rotatable bonds is 4. The second-order valence-electron chi connectivity index (χ2n) is 7.80. The molecule has 4 nitrogen and oxygen atoms in total. The van der Waals surface area contributed by atoms with Gasteiger partial charge in [0.1, 0.15) is 5.52 Å². The van der Waals surface area contributed by atoms with Gasteiger partial charge in [-0.25, -0.2) is 4.52 Å². The number of aromatic nitrogens is 3. The molecule has 0 atom stereocenters. The predicted molar refractivity (Wildman–Crippen MR) is 106 cm³/mol. The van der Waals surface area contributed by atoms with E-state index in [1.165, 1.54) is 12.8 Å². The van der Waals surface area contributed by atoms with Crippen LogP contribution in [0.15, 0.2) is 29.1 Å². The van der Waals surface area contributed by atoms with E-state index in [0.717, 1.165) is 34.8 Å². The molecular formula is C21H24ClN3O. The lowest BCUT2D eigenvalue weighted by atomic mass is 10.1. The predicted octanol–water partition coefficient (Wildman–Crippen LogP) is 4.97. The third kappa shape index (κ3) is 2.86. The zero-order valence-corrected chi connectivity index (χ0v) is 16.5. The lowest BCUT2D eigenvalue weighted by molar-refractivity contribution is 0.592. The highest BCUT2D eigenvalue weighted by Gasteiger charge is 2.26. The average molecular weight is 370 g/mol. The molecule has 1 fully saturated rings. The summed E-state index contributed by atoms with van der Waals surface area (Å²) in [6.07, 6.45) is 2.38. The minimum absolute atomic E-state index is 0.0630. The van der Waals surface area contributed by atoms with Gasteiger partial charge in [0.2, 0.25) is 0 Å². The Morgan fingerprint density at radius 2 is 1.96 bits per heavy atom. The Hall–Kier alpha value is -2.07. The lowest BCUT2D eigenvalue weighted by Gasteiger charge is -2.16. The molecule has 0 unspecified atom stereocenters. The van der Waals surface area contributed by atoms with Crippen LogP contribution in [0.5, 0.6) is 0 Å². The molecule has 26 heavy (non-hydrogen) atoms. The standard InChI is InChI=1S/C21H24ClN3O/c1-12(2)18-10-14(4)25-19(18)21(26)24(11-15-5-6-15)20(23-25)17-8-7-16(22)9-13(17)3/h7-10,12,15H,5-6,11H2,1-4H3. The average Bonchev–Trinajstić information content (AvgIpc) is 3.32. The van der Waals surface area contributed by atoms with Gasteiger partial charge < -0.3 is 0 Å². The molecule has 0 spiro atoms. The maximum Gasteiger partial charge on any atom is 0.278 e. The van der Waals surface area contributed by atoms with E-state index in [1.807, 2.05) is 41.1 Å². The van der Waals surface area contributed by atoms with Crippen molar-refractivity contribution in [1.82, 2.24) is 14.2 Å². The van der Waals surface area contributed by atoms with E-state index in [9.17, 15) is 4.79 Å². The Bertz CT molecular complexity index is 1060. The molecule has 5 heteroatoms. The molecule has 136 valence electrons. The highest BCUT2D eigenvalue weighted by atomic mass is 35.5. The number of hydrogen-bond acceptors (Lipinski definition) is 2. The molecule has 1 saturated carbocycles. The third-order valence-corrected chi connectivity index (χ3v) is 5.51. The highest BCUT2D eigenvalue weighted by Crippen LogP contribution is 2.33. The molecule has 0 bridgehead atoms. The van der Waals surface area contributed by atoms with Gasteiger partial charge in [0.05, 0.1) is 0 Å². The molecule has 1 aliphatic carbocycles. The molecule has 2 aromatic heterocycles. The van der Waals surface area contributed by atoms with Gasteiger partial charge >= 0.3 is 0 Å². The molecule has 1 aliphatic rings. The van der Waals surface area contributed by atoms with E-state index >= 15 is 0 Å². The van der Waals surface area contributed by atoms with E-state index in [4.69, 9.17) is 16.7 Å². The summed E-state index contributed by atoms with van der Waals surface area (Å²) in [5.74, 6) is 1.60. The maximum absolute atomic E-state index is 13.5. The fraction of sp³-hybridized carbons (Fsp3) is 0.429. The molecule has 2 heterocycles. The summed E-state index contributed by atoms with van der Waals surface area (Å²) in [4.78, 5) is 13.5. The summed E-state index contributed by atoms with van der Waals surface area (Å²) in [5, 5.41) is 5.61. The largest absolute Gasteiger partial charge is 0.289 e. The van der Waals surface area contributed by atoms with Crippen molar-refractivity contribution in [2.24, 2.45) is 5.92 Å². The van der Waals surface area contributed by atoms with Crippen LogP contribution in [0.25, 0.3) is 16.9 Å². The normalized spacial score (nSPS) is 14.5. The van der Waals surface area contributed by atoms with Crippen molar-refractivity contribution >= 4 is 17.1 Å². The van der Waals surface area contributed by atoms with E-state index in [2.05, 4.69) is 19.9 Å². The van der Waals surface area contributed by atoms with Crippen LogP contribution in [0.3, 0.4) is 0 Å². The van der Waals surface area contributed by atoms with E-state index in [-0.39, 0.29) is 11.5 Å². The molecule has 0 N–H and O–H groups in total. The number of benzene rings is 1. The van der Waals surface area contributed by atoms with Crippen LogP contribution in [0.4, 0.5) is 0 Å². The van der Waals surface area contributed by atoms with Crippen LogP contribution < -0.4 is 5.56 Å². The van der Waals surface area contributed by atoms with Gasteiger partial charge in [-0.1, -0.05) is 25.4 Å². The third-order valence-electron chi connectivity index (χ3n) is 5.27. The topological polar surface area (TPSA) is 39.3 Å². The molecular weight excluding hydrogens is 346 g/mol. The first-order chi connectivity index (χ1) is 12.4. The smallest absolute Gasteiger partial charge is 0.278 e. The first-order valence-electron chi connectivity index (χ1n) is 9.26. The Labute approximate surface area is 158 Å². The van der Waals surface area contributed by atoms with Crippen LogP contribution in [-0.4, -0.2) is 14.2 Å². The molecule has 0 amide bonds. The summed E-state index contributed by atoms with van der Waals surface area (Å²) < 4.78 is 3.71. The molecule has 3 aromatic rings. The minimum atomic E-state index is 0.0630. The van der Waals surface area contributed by atoms with Crippen molar-refractivity contribution in [3.05, 3.63) is 56.5 Å². The molecule has 0 saturated heterocycles. The van der Waals surface area contributed by atoms with Gasteiger partial charge in [-0.05, 0) is 73.9 Å². The lowest BCUT2D eigenvalue weighted by Crippen LogP contribution is -2.27. The van der Waals surface area contributed by atoms with Gasteiger partial charge in [0, 0.05) is 22.8 Å². The van der Waals surface area contributed by atoms with Gasteiger partial charge in [-0.3, -0.25) is 9.36 Å². The summed E-state index contributed by atoms with van der Waals surface area (Å²) in [6.45, 7) is 9.00. The SMILES string of the molecule is Cc1cc(Cl)ccc1-c1nn2c(C)cc(C(C)C)c2c(=O)n1CC1CC1. The van der Waals surface area contributed by atoms with Crippen LogP contribution >= 0.6 is 11.6 Å². The van der Waals surface area contributed by atoms with Crippen LogP contribution in [0.2, 0.25) is 5.02 Å². The van der Waals surface area contributed by atoms with E-state index in [1.54, 1.807) is 0 Å². The monoisotopic (exact) mass is 369 g/mol. The van der Waals surface area contributed by atoms with Gasteiger partial charge in [-0.15, -0.1) is 5.10 Å². The molecule has 1 aromatic carbocycles. The number of fused-ring (bicyclic) bond motifs is 1. The fourth-order valence-corrected chi connectivity index (χ4v) is 3.84.